The molecule has 6 heteroatoms. The lowest BCUT2D eigenvalue weighted by molar-refractivity contribution is 0.0843. The van der Waals surface area contributed by atoms with Gasteiger partial charge in [-0.25, -0.2) is 0 Å². The van der Waals surface area contributed by atoms with E-state index in [-0.39, 0.29) is 52.1 Å². The van der Waals surface area contributed by atoms with Gasteiger partial charge in [0.15, 0.2) is 17.3 Å². The zero-order valence-electron chi connectivity index (χ0n) is 21.7. The number of benzene rings is 2. The van der Waals surface area contributed by atoms with E-state index in [0.717, 1.165) is 24.0 Å². The molecule has 0 aliphatic carbocycles. The van der Waals surface area contributed by atoms with Crippen LogP contribution in [0.1, 0.15) is 87.0 Å². The van der Waals surface area contributed by atoms with Crippen LogP contribution in [0.15, 0.2) is 53.1 Å². The normalized spacial score (nSPS) is 15.2. The van der Waals surface area contributed by atoms with Crippen molar-refractivity contribution in [3.8, 4) is 28.7 Å². The van der Waals surface area contributed by atoms with Crippen molar-refractivity contribution in [1.82, 2.24) is 0 Å². The average Bonchev–Trinajstić information content (AvgIpc) is 2.78. The minimum atomic E-state index is -0.737. The van der Waals surface area contributed by atoms with E-state index in [2.05, 4.69) is 19.9 Å². The summed E-state index contributed by atoms with van der Waals surface area (Å²) in [5, 5.41) is 42.1. The molecule has 3 rings (SSSR count). The number of carbonyl (C=O) groups is 1. The molecule has 0 spiro atoms. The topological polar surface area (TPSA) is 107 Å². The molecular weight excluding hydrogens is 456 g/mol. The number of carbonyl (C=O) groups excluding carboxylic acids is 1. The number of rotatable bonds is 8. The quantitative estimate of drug-likeness (QED) is 0.234. The number of hydrogen-bond donors (Lipinski definition) is 4. The van der Waals surface area contributed by atoms with Crippen LogP contribution in [0.4, 0.5) is 0 Å². The summed E-state index contributed by atoms with van der Waals surface area (Å²) in [4.78, 5) is 13.2. The SMILES string of the molecule is CC(C)=CCC/C(C)=C/Cc1c(O)cc2c(c1O)C(=O)C[C@@H](c1ccc(O)c(O)c1CC=C(C)C)O2. The third-order valence-electron chi connectivity index (χ3n) is 6.37. The molecule has 0 saturated heterocycles. The minimum absolute atomic E-state index is 0.0472. The van der Waals surface area contributed by atoms with Crippen molar-refractivity contribution >= 4 is 5.78 Å². The Morgan fingerprint density at radius 2 is 1.56 bits per heavy atom. The molecule has 0 fully saturated rings. The summed E-state index contributed by atoms with van der Waals surface area (Å²) >= 11 is 0. The van der Waals surface area contributed by atoms with E-state index in [0.29, 0.717) is 24.0 Å². The first kappa shape index (κ1) is 26.9. The second-order valence-corrected chi connectivity index (χ2v) is 9.89. The van der Waals surface area contributed by atoms with Crippen LogP contribution in [0.25, 0.3) is 0 Å². The molecule has 6 nitrogen and oxygen atoms in total. The summed E-state index contributed by atoms with van der Waals surface area (Å²) in [7, 11) is 0. The lowest BCUT2D eigenvalue weighted by Crippen LogP contribution is -2.22. The Labute approximate surface area is 212 Å². The number of fused-ring (bicyclic) bond motifs is 1. The van der Waals surface area contributed by atoms with Crippen LogP contribution in [-0.4, -0.2) is 26.2 Å². The highest BCUT2D eigenvalue weighted by Crippen LogP contribution is 2.46. The van der Waals surface area contributed by atoms with Gasteiger partial charge in [-0.3, -0.25) is 4.79 Å². The van der Waals surface area contributed by atoms with Crippen molar-refractivity contribution in [1.29, 1.82) is 0 Å². The van der Waals surface area contributed by atoms with E-state index in [9.17, 15) is 25.2 Å². The largest absolute Gasteiger partial charge is 0.507 e. The average molecular weight is 493 g/mol. The monoisotopic (exact) mass is 492 g/mol. The number of ether oxygens (including phenoxy) is 1. The van der Waals surface area contributed by atoms with Crippen LogP contribution in [0.3, 0.4) is 0 Å². The van der Waals surface area contributed by atoms with E-state index in [1.165, 1.54) is 17.7 Å². The number of allylic oxidation sites excluding steroid dienone is 6. The van der Waals surface area contributed by atoms with E-state index >= 15 is 0 Å². The first-order chi connectivity index (χ1) is 17.0. The van der Waals surface area contributed by atoms with Crippen LogP contribution in [0, 0.1) is 0 Å². The molecule has 1 atom stereocenters. The van der Waals surface area contributed by atoms with Crippen molar-refractivity contribution < 1.29 is 30.0 Å². The highest BCUT2D eigenvalue weighted by molar-refractivity contribution is 6.03. The molecule has 0 amide bonds. The van der Waals surface area contributed by atoms with E-state index in [4.69, 9.17) is 4.74 Å². The van der Waals surface area contributed by atoms with Crippen molar-refractivity contribution in [3.63, 3.8) is 0 Å². The Bertz CT molecular complexity index is 1240. The second kappa shape index (κ2) is 11.4. The van der Waals surface area contributed by atoms with Gasteiger partial charge < -0.3 is 25.2 Å². The van der Waals surface area contributed by atoms with Gasteiger partial charge in [0, 0.05) is 22.8 Å². The number of phenolic OH excluding ortho intramolecular Hbond substituents is 4. The van der Waals surface area contributed by atoms with Crippen molar-refractivity contribution in [2.75, 3.05) is 0 Å². The number of hydrogen-bond acceptors (Lipinski definition) is 6. The summed E-state index contributed by atoms with van der Waals surface area (Å²) in [6, 6.07) is 4.37. The maximum atomic E-state index is 13.2. The minimum Gasteiger partial charge on any atom is -0.507 e. The van der Waals surface area contributed by atoms with Crippen LogP contribution >= 0.6 is 0 Å². The molecule has 0 aromatic heterocycles. The predicted octanol–water partition coefficient (Wildman–Crippen LogP) is 6.96. The molecule has 36 heavy (non-hydrogen) atoms. The smallest absolute Gasteiger partial charge is 0.174 e. The summed E-state index contributed by atoms with van der Waals surface area (Å²) in [6.45, 7) is 9.98. The zero-order valence-corrected chi connectivity index (χ0v) is 21.7. The highest BCUT2D eigenvalue weighted by Gasteiger charge is 2.34. The maximum absolute atomic E-state index is 13.2. The Hall–Kier alpha value is -3.67. The molecule has 2 aromatic carbocycles. The molecule has 0 radical (unpaired) electrons. The first-order valence-corrected chi connectivity index (χ1v) is 12.2. The number of ketones is 1. The highest BCUT2D eigenvalue weighted by atomic mass is 16.5. The first-order valence-electron chi connectivity index (χ1n) is 12.2. The molecule has 1 heterocycles. The number of aromatic hydroxyl groups is 4. The third kappa shape index (κ3) is 6.11. The Kier molecular flexibility index (Phi) is 8.51. The van der Waals surface area contributed by atoms with Crippen molar-refractivity contribution in [2.24, 2.45) is 0 Å². The van der Waals surface area contributed by atoms with Gasteiger partial charge in [0.2, 0.25) is 0 Å². The standard InChI is InChI=1S/C30H36O6/c1-17(2)7-6-8-19(5)10-12-22-24(32)15-27-28(30(22)35)25(33)16-26(36-27)20-13-14-23(31)29(34)21(20)11-9-18(3)4/h7,9-10,13-15,26,31-32,34-35H,6,8,11-12,16H2,1-5H3/b19-10+/t26-/m0/s1. The fraction of sp³-hybridized carbons (Fsp3) is 0.367. The van der Waals surface area contributed by atoms with Gasteiger partial charge in [0.1, 0.15) is 28.9 Å². The van der Waals surface area contributed by atoms with Gasteiger partial charge in [0.05, 0.1) is 6.42 Å². The number of phenols is 4. The second-order valence-electron chi connectivity index (χ2n) is 9.89. The lowest BCUT2D eigenvalue weighted by atomic mass is 9.89. The van der Waals surface area contributed by atoms with E-state index < -0.39 is 6.10 Å². The van der Waals surface area contributed by atoms with Gasteiger partial charge in [0.25, 0.3) is 0 Å². The number of Topliss-reactive ketones (excluding diaryl/α,β-unsaturated/α-hetero) is 1. The molecule has 0 saturated carbocycles. The van der Waals surface area contributed by atoms with Crippen LogP contribution in [0.5, 0.6) is 28.7 Å². The fourth-order valence-corrected chi connectivity index (χ4v) is 4.30. The molecule has 192 valence electrons. The van der Waals surface area contributed by atoms with Crippen molar-refractivity contribution in [2.45, 2.75) is 72.8 Å². The Morgan fingerprint density at radius 1 is 0.889 bits per heavy atom. The third-order valence-corrected chi connectivity index (χ3v) is 6.37. The summed E-state index contributed by atoms with van der Waals surface area (Å²) < 4.78 is 6.07. The summed E-state index contributed by atoms with van der Waals surface area (Å²) in [5.74, 6) is -1.13. The maximum Gasteiger partial charge on any atom is 0.174 e. The van der Waals surface area contributed by atoms with Crippen LogP contribution in [-0.2, 0) is 12.8 Å². The van der Waals surface area contributed by atoms with Gasteiger partial charge in [-0.05, 0) is 66.4 Å². The fourth-order valence-electron chi connectivity index (χ4n) is 4.30. The Balaban J connectivity index is 1.91. The van der Waals surface area contributed by atoms with Gasteiger partial charge in [-0.2, -0.15) is 0 Å². The molecule has 0 unspecified atom stereocenters. The zero-order chi connectivity index (χ0) is 26.6. The summed E-state index contributed by atoms with van der Waals surface area (Å²) in [5.41, 5.74) is 4.81. The molecular formula is C30H36O6. The van der Waals surface area contributed by atoms with Crippen LogP contribution < -0.4 is 4.74 Å². The van der Waals surface area contributed by atoms with E-state index in [1.807, 2.05) is 32.9 Å². The molecule has 4 N–H and O–H groups in total. The predicted molar refractivity (Wildman–Crippen MR) is 141 cm³/mol. The molecule has 1 aliphatic heterocycles. The molecule has 1 aliphatic rings. The van der Waals surface area contributed by atoms with Crippen molar-refractivity contribution in [3.05, 3.63) is 75.4 Å². The van der Waals surface area contributed by atoms with Gasteiger partial charge in [-0.1, -0.05) is 41.0 Å². The van der Waals surface area contributed by atoms with Gasteiger partial charge in [-0.15, -0.1) is 0 Å². The Morgan fingerprint density at radius 3 is 2.22 bits per heavy atom. The van der Waals surface area contributed by atoms with E-state index in [1.54, 1.807) is 6.07 Å². The molecule has 2 aromatic rings. The lowest BCUT2D eigenvalue weighted by Gasteiger charge is -2.28. The summed E-state index contributed by atoms with van der Waals surface area (Å²) in [6.07, 6.45) is 7.68. The van der Waals surface area contributed by atoms with Crippen LogP contribution in [0.2, 0.25) is 0 Å². The van der Waals surface area contributed by atoms with Gasteiger partial charge >= 0.3 is 0 Å². The molecule has 0 bridgehead atoms.